The average Bonchev–Trinajstić information content (AvgIpc) is 2.58. The second-order valence-corrected chi connectivity index (χ2v) is 4.05. The van der Waals surface area contributed by atoms with Crippen molar-refractivity contribution >= 4 is 11.9 Å². The van der Waals surface area contributed by atoms with Crippen LogP contribution in [0.3, 0.4) is 0 Å². The highest BCUT2D eigenvalue weighted by Crippen LogP contribution is 2.22. The van der Waals surface area contributed by atoms with E-state index in [0.717, 1.165) is 11.3 Å². The van der Waals surface area contributed by atoms with Gasteiger partial charge in [-0.3, -0.25) is 4.79 Å². The van der Waals surface area contributed by atoms with E-state index in [1.54, 1.807) is 11.1 Å². The first-order chi connectivity index (χ1) is 7.08. The molecule has 15 heavy (non-hydrogen) atoms. The van der Waals surface area contributed by atoms with Gasteiger partial charge in [-0.15, -0.1) is 0 Å². The van der Waals surface area contributed by atoms with Crippen molar-refractivity contribution in [3.05, 3.63) is 17.5 Å². The van der Waals surface area contributed by atoms with E-state index in [4.69, 9.17) is 5.73 Å². The van der Waals surface area contributed by atoms with Gasteiger partial charge < -0.3 is 10.6 Å². The van der Waals surface area contributed by atoms with Gasteiger partial charge in [0, 0.05) is 24.2 Å². The first-order valence-corrected chi connectivity index (χ1v) is 4.97. The van der Waals surface area contributed by atoms with E-state index in [1.165, 1.54) is 0 Å². The maximum absolute atomic E-state index is 11.7. The topological polar surface area (TPSA) is 72.1 Å². The predicted octanol–water partition coefficient (Wildman–Crippen LogP) is 0.557. The number of aromatic nitrogens is 2. The van der Waals surface area contributed by atoms with E-state index in [1.807, 2.05) is 13.8 Å². The molecule has 2 N–H and O–H groups in total. The summed E-state index contributed by atoms with van der Waals surface area (Å²) in [5, 5.41) is 0. The SMILES string of the molecule is CC(C)C(=O)N1Cc2cnc(N)nc2C1. The van der Waals surface area contributed by atoms with Crippen molar-refractivity contribution in [2.45, 2.75) is 26.9 Å². The van der Waals surface area contributed by atoms with E-state index in [9.17, 15) is 4.79 Å². The van der Waals surface area contributed by atoms with Crippen molar-refractivity contribution in [2.24, 2.45) is 5.92 Å². The van der Waals surface area contributed by atoms with E-state index < -0.39 is 0 Å². The Kier molecular flexibility index (Phi) is 2.30. The smallest absolute Gasteiger partial charge is 0.225 e. The summed E-state index contributed by atoms with van der Waals surface area (Å²) in [4.78, 5) is 21.6. The van der Waals surface area contributed by atoms with Gasteiger partial charge in [0.25, 0.3) is 0 Å². The minimum atomic E-state index is 0.0182. The third-order valence-corrected chi connectivity index (χ3v) is 2.48. The molecule has 1 aliphatic heterocycles. The van der Waals surface area contributed by atoms with Gasteiger partial charge in [0.05, 0.1) is 12.2 Å². The molecule has 0 spiro atoms. The second-order valence-electron chi connectivity index (χ2n) is 4.05. The number of fused-ring (bicyclic) bond motifs is 1. The number of hydrogen-bond acceptors (Lipinski definition) is 4. The Labute approximate surface area is 88.3 Å². The Bertz CT molecular complexity index is 402. The number of nitrogens with two attached hydrogens (primary N) is 1. The van der Waals surface area contributed by atoms with E-state index in [-0.39, 0.29) is 17.8 Å². The molecule has 0 unspecified atom stereocenters. The van der Waals surface area contributed by atoms with Crippen LogP contribution in [0.5, 0.6) is 0 Å². The molecular weight excluding hydrogens is 192 g/mol. The van der Waals surface area contributed by atoms with Gasteiger partial charge in [-0.25, -0.2) is 9.97 Å². The molecule has 1 amide bonds. The van der Waals surface area contributed by atoms with Crippen molar-refractivity contribution < 1.29 is 4.79 Å². The summed E-state index contributed by atoms with van der Waals surface area (Å²) in [5.74, 6) is 0.434. The fourth-order valence-corrected chi connectivity index (χ4v) is 1.69. The molecule has 0 atom stereocenters. The van der Waals surface area contributed by atoms with Crippen LogP contribution in [0.2, 0.25) is 0 Å². The number of anilines is 1. The van der Waals surface area contributed by atoms with Crippen LogP contribution in [0, 0.1) is 5.92 Å². The molecule has 0 aromatic carbocycles. The molecule has 0 fully saturated rings. The lowest BCUT2D eigenvalue weighted by molar-refractivity contribution is -0.135. The fraction of sp³-hybridized carbons (Fsp3) is 0.500. The molecule has 1 aromatic heterocycles. The maximum atomic E-state index is 11.7. The zero-order valence-corrected chi connectivity index (χ0v) is 8.90. The quantitative estimate of drug-likeness (QED) is 0.728. The molecule has 2 rings (SSSR count). The van der Waals surface area contributed by atoms with Crippen molar-refractivity contribution in [1.29, 1.82) is 0 Å². The number of amides is 1. The minimum Gasteiger partial charge on any atom is -0.368 e. The van der Waals surface area contributed by atoms with Crippen LogP contribution >= 0.6 is 0 Å². The molecule has 0 aliphatic carbocycles. The lowest BCUT2D eigenvalue weighted by Crippen LogP contribution is -2.29. The molecule has 1 aliphatic rings. The van der Waals surface area contributed by atoms with Crippen LogP contribution in [-0.4, -0.2) is 20.8 Å². The summed E-state index contributed by atoms with van der Waals surface area (Å²) in [6, 6.07) is 0. The lowest BCUT2D eigenvalue weighted by atomic mass is 10.2. The number of nitrogens with zero attached hydrogens (tertiary/aromatic N) is 3. The molecule has 0 bridgehead atoms. The molecule has 0 saturated carbocycles. The molecular formula is C10H14N4O. The van der Waals surface area contributed by atoms with Crippen molar-refractivity contribution in [3.63, 3.8) is 0 Å². The molecule has 80 valence electrons. The van der Waals surface area contributed by atoms with E-state index in [2.05, 4.69) is 9.97 Å². The number of carbonyl (C=O) groups excluding carboxylic acids is 1. The maximum Gasteiger partial charge on any atom is 0.225 e. The predicted molar refractivity (Wildman–Crippen MR) is 55.5 cm³/mol. The van der Waals surface area contributed by atoms with Crippen molar-refractivity contribution in [2.75, 3.05) is 5.73 Å². The Morgan fingerprint density at radius 2 is 2.27 bits per heavy atom. The highest BCUT2D eigenvalue weighted by molar-refractivity contribution is 5.78. The third kappa shape index (κ3) is 1.77. The number of hydrogen-bond donors (Lipinski definition) is 1. The largest absolute Gasteiger partial charge is 0.368 e. The summed E-state index contributed by atoms with van der Waals surface area (Å²) >= 11 is 0. The summed E-state index contributed by atoms with van der Waals surface area (Å²) in [6.45, 7) is 4.95. The van der Waals surface area contributed by atoms with Crippen LogP contribution in [0.4, 0.5) is 5.95 Å². The summed E-state index contributed by atoms with van der Waals surface area (Å²) in [6.07, 6.45) is 1.70. The third-order valence-electron chi connectivity index (χ3n) is 2.48. The summed E-state index contributed by atoms with van der Waals surface area (Å²) < 4.78 is 0. The number of nitrogen functional groups attached to an aromatic ring is 1. The first-order valence-electron chi connectivity index (χ1n) is 4.97. The van der Waals surface area contributed by atoms with Gasteiger partial charge in [-0.1, -0.05) is 13.8 Å². The van der Waals surface area contributed by atoms with Crippen LogP contribution in [0.25, 0.3) is 0 Å². The van der Waals surface area contributed by atoms with Crippen molar-refractivity contribution in [3.8, 4) is 0 Å². The number of carbonyl (C=O) groups is 1. The number of rotatable bonds is 1. The van der Waals surface area contributed by atoms with Crippen molar-refractivity contribution in [1.82, 2.24) is 14.9 Å². The Balaban J connectivity index is 2.19. The normalized spacial score (nSPS) is 14.5. The van der Waals surface area contributed by atoms with Crippen LogP contribution in [0.1, 0.15) is 25.1 Å². The summed E-state index contributed by atoms with van der Waals surface area (Å²) in [7, 11) is 0. The van der Waals surface area contributed by atoms with Gasteiger partial charge in [0.2, 0.25) is 11.9 Å². The standard InChI is InChI=1S/C10H14N4O/c1-6(2)9(15)14-4-7-3-12-10(11)13-8(7)5-14/h3,6H,4-5H2,1-2H3,(H2,11,12,13). The lowest BCUT2D eigenvalue weighted by Gasteiger charge is -2.17. The first kappa shape index (κ1) is 9.89. The monoisotopic (exact) mass is 206 g/mol. The van der Waals surface area contributed by atoms with Gasteiger partial charge >= 0.3 is 0 Å². The molecule has 2 heterocycles. The van der Waals surface area contributed by atoms with Gasteiger partial charge in [0.1, 0.15) is 0 Å². The highest BCUT2D eigenvalue weighted by Gasteiger charge is 2.26. The highest BCUT2D eigenvalue weighted by atomic mass is 16.2. The molecule has 5 nitrogen and oxygen atoms in total. The fourth-order valence-electron chi connectivity index (χ4n) is 1.69. The summed E-state index contributed by atoms with van der Waals surface area (Å²) in [5.41, 5.74) is 7.36. The van der Waals surface area contributed by atoms with Crippen LogP contribution < -0.4 is 5.73 Å². The minimum absolute atomic E-state index is 0.0182. The average molecular weight is 206 g/mol. The van der Waals surface area contributed by atoms with Crippen LogP contribution in [0.15, 0.2) is 6.20 Å². The Morgan fingerprint density at radius 3 is 2.93 bits per heavy atom. The van der Waals surface area contributed by atoms with Gasteiger partial charge in [-0.2, -0.15) is 0 Å². The second kappa shape index (κ2) is 3.49. The zero-order valence-electron chi connectivity index (χ0n) is 8.90. The van der Waals surface area contributed by atoms with Gasteiger partial charge in [-0.05, 0) is 0 Å². The zero-order chi connectivity index (χ0) is 11.0. The molecule has 0 saturated heterocycles. The molecule has 5 heteroatoms. The Hall–Kier alpha value is -1.65. The van der Waals surface area contributed by atoms with E-state index in [0.29, 0.717) is 13.1 Å². The van der Waals surface area contributed by atoms with Gasteiger partial charge in [0.15, 0.2) is 0 Å². The molecule has 0 radical (unpaired) electrons. The Morgan fingerprint density at radius 1 is 1.53 bits per heavy atom. The molecule has 1 aromatic rings. The van der Waals surface area contributed by atoms with E-state index >= 15 is 0 Å². The van der Waals surface area contributed by atoms with Crippen LogP contribution in [-0.2, 0) is 17.9 Å².